The zero-order chi connectivity index (χ0) is 21.3. The SMILES string of the molecule is CCCCCCCCCCCCCCCCOP1(=O)OC2C3CC[N+](C)(CC3)C2O1. The highest BCUT2D eigenvalue weighted by molar-refractivity contribution is 7.48. The minimum Gasteiger partial charge on any atom is -0.298 e. The highest BCUT2D eigenvalue weighted by Crippen LogP contribution is 2.62. The van der Waals surface area contributed by atoms with E-state index >= 15 is 0 Å². The van der Waals surface area contributed by atoms with Gasteiger partial charge in [0.05, 0.1) is 26.7 Å². The number of hydrogen-bond donors (Lipinski definition) is 0. The minimum absolute atomic E-state index is 0.0281. The normalized spacial score (nSPS) is 35.1. The van der Waals surface area contributed by atoms with E-state index in [0.717, 1.165) is 43.3 Å². The van der Waals surface area contributed by atoms with Crippen LogP contribution in [0.25, 0.3) is 0 Å². The van der Waals surface area contributed by atoms with Crippen LogP contribution in [0.2, 0.25) is 0 Å². The van der Waals surface area contributed by atoms with Crippen LogP contribution in [0.5, 0.6) is 0 Å². The summed E-state index contributed by atoms with van der Waals surface area (Å²) in [6, 6.07) is 0. The zero-order valence-electron chi connectivity index (χ0n) is 19.7. The van der Waals surface area contributed by atoms with Crippen molar-refractivity contribution in [2.75, 3.05) is 26.7 Å². The second-order valence-electron chi connectivity index (χ2n) is 10.2. The Balaban J connectivity index is 1.15. The number of nitrogens with zero attached hydrogens (tertiary/aromatic N) is 1. The topological polar surface area (TPSA) is 44.8 Å². The number of phosphoric acid groups is 1. The van der Waals surface area contributed by atoms with Crippen LogP contribution in [-0.2, 0) is 18.1 Å². The van der Waals surface area contributed by atoms with E-state index in [4.69, 9.17) is 13.6 Å². The fourth-order valence-electron chi connectivity index (χ4n) is 5.50. The van der Waals surface area contributed by atoms with Crippen molar-refractivity contribution in [2.24, 2.45) is 5.92 Å². The summed E-state index contributed by atoms with van der Waals surface area (Å²) in [6.07, 6.45) is 20.8. The van der Waals surface area contributed by atoms with Crippen molar-refractivity contribution in [3.63, 3.8) is 0 Å². The van der Waals surface area contributed by atoms with Gasteiger partial charge in [-0.05, 0) is 6.42 Å². The third-order valence-electron chi connectivity index (χ3n) is 7.62. The van der Waals surface area contributed by atoms with Gasteiger partial charge >= 0.3 is 7.82 Å². The van der Waals surface area contributed by atoms with E-state index in [9.17, 15) is 4.57 Å². The highest BCUT2D eigenvalue weighted by atomic mass is 31.2. The first-order chi connectivity index (χ1) is 14.6. The van der Waals surface area contributed by atoms with Gasteiger partial charge < -0.3 is 0 Å². The number of unbranched alkanes of at least 4 members (excludes halogenated alkanes) is 13. The lowest BCUT2D eigenvalue weighted by atomic mass is 9.83. The van der Waals surface area contributed by atoms with Gasteiger partial charge in [-0.2, -0.15) is 0 Å². The van der Waals surface area contributed by atoms with Gasteiger partial charge in [0, 0.05) is 18.8 Å². The molecule has 5 nitrogen and oxygen atoms in total. The molecule has 2 bridgehead atoms. The molecular formula is C24H47NO4P+. The summed E-state index contributed by atoms with van der Waals surface area (Å²) in [5, 5.41) is 0. The number of piperidine rings is 3. The van der Waals surface area contributed by atoms with Crippen molar-refractivity contribution in [1.29, 1.82) is 0 Å². The van der Waals surface area contributed by atoms with Crippen molar-refractivity contribution in [1.82, 2.24) is 0 Å². The van der Waals surface area contributed by atoms with Gasteiger partial charge in [0.25, 0.3) is 0 Å². The molecule has 4 saturated heterocycles. The van der Waals surface area contributed by atoms with E-state index in [0.29, 0.717) is 12.5 Å². The number of quaternary nitrogens is 1. The van der Waals surface area contributed by atoms with Crippen LogP contribution in [0.15, 0.2) is 0 Å². The number of fused-ring (bicyclic) bond motifs is 2. The van der Waals surface area contributed by atoms with Crippen molar-refractivity contribution in [3.8, 4) is 0 Å². The molecule has 0 aromatic carbocycles. The first-order valence-corrected chi connectivity index (χ1v) is 14.5. The molecule has 4 heterocycles. The Bertz CT molecular complexity index is 535. The molecule has 4 rings (SSSR count). The van der Waals surface area contributed by atoms with E-state index in [1.165, 1.54) is 77.0 Å². The van der Waals surface area contributed by atoms with Crippen LogP contribution in [0, 0.1) is 5.92 Å². The van der Waals surface area contributed by atoms with E-state index < -0.39 is 7.82 Å². The largest absolute Gasteiger partial charge is 0.480 e. The Hall–Kier alpha value is 0.0700. The molecule has 4 fully saturated rings. The van der Waals surface area contributed by atoms with Gasteiger partial charge in [0.15, 0.2) is 6.10 Å². The van der Waals surface area contributed by atoms with Gasteiger partial charge in [-0.25, -0.2) is 9.09 Å². The second kappa shape index (κ2) is 12.3. The third-order valence-corrected chi connectivity index (χ3v) is 9.09. The number of phosphoric ester groups is 1. The standard InChI is InChI=1S/C24H47NO4P/c1-3-4-5-6-7-8-9-10-11-12-13-14-15-16-21-27-30(26)28-23-22-17-19-25(2,20-18-22)24(23)29-30/h22-24H,3-21H2,1-2H3/q+1. The number of rotatable bonds is 16. The second-order valence-corrected chi connectivity index (χ2v) is 11.8. The van der Waals surface area contributed by atoms with Gasteiger partial charge in [0.1, 0.15) is 0 Å². The summed E-state index contributed by atoms with van der Waals surface area (Å²) in [6.45, 7) is 4.98. The fraction of sp³-hybridized carbons (Fsp3) is 1.00. The summed E-state index contributed by atoms with van der Waals surface area (Å²) in [5.41, 5.74) is 0. The quantitative estimate of drug-likeness (QED) is 0.143. The fourth-order valence-corrected chi connectivity index (χ4v) is 7.21. The third kappa shape index (κ3) is 7.04. The predicted octanol–water partition coefficient (Wildman–Crippen LogP) is 7.20. The lowest BCUT2D eigenvalue weighted by molar-refractivity contribution is -0.967. The van der Waals surface area contributed by atoms with Crippen LogP contribution in [0.3, 0.4) is 0 Å². The van der Waals surface area contributed by atoms with Crippen molar-refractivity contribution in [2.45, 2.75) is 122 Å². The maximum Gasteiger partial charge on any atom is 0.480 e. The molecule has 0 aromatic rings. The Morgan fingerprint density at radius 2 is 1.30 bits per heavy atom. The summed E-state index contributed by atoms with van der Waals surface area (Å²) in [4.78, 5) is 0. The zero-order valence-corrected chi connectivity index (χ0v) is 20.6. The molecule has 4 aliphatic heterocycles. The van der Waals surface area contributed by atoms with E-state index in [-0.39, 0.29) is 12.3 Å². The molecule has 6 heteroatoms. The first kappa shape index (κ1) is 24.7. The van der Waals surface area contributed by atoms with Crippen LogP contribution in [-0.4, -0.2) is 43.6 Å². The Kier molecular flexibility index (Phi) is 10.2. The van der Waals surface area contributed by atoms with Crippen molar-refractivity contribution in [3.05, 3.63) is 0 Å². The van der Waals surface area contributed by atoms with Gasteiger partial charge in [0.2, 0.25) is 6.23 Å². The van der Waals surface area contributed by atoms with E-state index in [2.05, 4.69) is 14.0 Å². The van der Waals surface area contributed by atoms with Gasteiger partial charge in [-0.1, -0.05) is 90.4 Å². The Labute approximate surface area is 185 Å². The molecule has 0 amide bonds. The molecule has 3 unspecified atom stereocenters. The molecule has 4 aliphatic rings. The Morgan fingerprint density at radius 3 is 1.80 bits per heavy atom. The van der Waals surface area contributed by atoms with E-state index in [1.807, 2.05) is 0 Å². The number of hydrogen-bond acceptors (Lipinski definition) is 4. The molecule has 0 radical (unpaired) electrons. The van der Waals surface area contributed by atoms with Crippen LogP contribution < -0.4 is 0 Å². The molecule has 0 spiro atoms. The molecule has 0 aliphatic carbocycles. The first-order valence-electron chi connectivity index (χ1n) is 13.0. The Morgan fingerprint density at radius 1 is 0.800 bits per heavy atom. The van der Waals surface area contributed by atoms with Crippen molar-refractivity contribution >= 4 is 7.82 Å². The predicted molar refractivity (Wildman–Crippen MR) is 122 cm³/mol. The average Bonchev–Trinajstić information content (AvgIpc) is 3.11. The number of likely N-dealkylation sites (N-methyl/N-ethyl adjacent to an activating group) is 1. The maximum absolute atomic E-state index is 12.9. The highest BCUT2D eigenvalue weighted by Gasteiger charge is 2.62. The van der Waals surface area contributed by atoms with Gasteiger partial charge in [-0.3, -0.25) is 13.5 Å². The molecule has 0 aromatic heterocycles. The molecule has 0 saturated carbocycles. The molecule has 176 valence electrons. The molecule has 0 N–H and O–H groups in total. The summed E-state index contributed by atoms with van der Waals surface area (Å²) >= 11 is 0. The monoisotopic (exact) mass is 444 g/mol. The smallest absolute Gasteiger partial charge is 0.298 e. The van der Waals surface area contributed by atoms with Crippen LogP contribution in [0.1, 0.15) is 110 Å². The summed E-state index contributed by atoms with van der Waals surface area (Å²) in [5.74, 6) is 0.496. The van der Waals surface area contributed by atoms with Crippen LogP contribution in [0.4, 0.5) is 0 Å². The summed E-state index contributed by atoms with van der Waals surface area (Å²) < 4.78 is 31.2. The van der Waals surface area contributed by atoms with Gasteiger partial charge in [-0.15, -0.1) is 0 Å². The molecule has 30 heavy (non-hydrogen) atoms. The lowest BCUT2D eigenvalue weighted by Gasteiger charge is -2.51. The van der Waals surface area contributed by atoms with Crippen LogP contribution >= 0.6 is 7.82 Å². The van der Waals surface area contributed by atoms with E-state index in [1.54, 1.807) is 0 Å². The maximum atomic E-state index is 12.9. The van der Waals surface area contributed by atoms with Crippen molar-refractivity contribution < 1.29 is 22.6 Å². The average molecular weight is 445 g/mol. The minimum atomic E-state index is -3.35. The molecule has 3 atom stereocenters. The summed E-state index contributed by atoms with van der Waals surface area (Å²) in [7, 11) is -1.15. The lowest BCUT2D eigenvalue weighted by Crippen LogP contribution is -2.66. The molecular weight excluding hydrogens is 397 g/mol.